The molecule has 3 heterocycles. The molecule has 6 aromatic rings. The van der Waals surface area contributed by atoms with Crippen molar-refractivity contribution in [2.75, 3.05) is 16.4 Å². The van der Waals surface area contributed by atoms with Crippen LogP contribution in [0.5, 0.6) is 11.5 Å². The van der Waals surface area contributed by atoms with Gasteiger partial charge in [-0.1, -0.05) is 109 Å². The van der Waals surface area contributed by atoms with Crippen molar-refractivity contribution in [1.82, 2.24) is 15.0 Å². The third-order valence-electron chi connectivity index (χ3n) is 10.3. The second kappa shape index (κ2) is 14.6. The van der Waals surface area contributed by atoms with E-state index in [0.717, 1.165) is 11.1 Å². The standard InChI is InChI=1S/C44H39N5O5/c1-30(13-11-12-26-47-28-37(45-46-47)35(29-50)32-14-3-2-4-15-32)44(53)36-17-6-7-18-38(36)48(43(44)52)27-31-22-24-33(25-23-31)49-39-19-8-10-21-41(39)54-40-20-9-5-16-34(40)42(49)51/h2-11,13-25,28,30,35,50,53H,12,26-27,29H2,1H3/b13-11+/t30-,35?,44+/m1/s1. The fourth-order valence-corrected chi connectivity index (χ4v) is 7.34. The molecule has 10 heteroatoms. The lowest BCUT2D eigenvalue weighted by molar-refractivity contribution is -0.139. The summed E-state index contributed by atoms with van der Waals surface area (Å²) < 4.78 is 7.89. The van der Waals surface area contributed by atoms with E-state index in [1.54, 1.807) is 26.6 Å². The molecule has 1 aromatic heterocycles. The normalized spacial score (nSPS) is 17.5. The van der Waals surface area contributed by atoms with Crippen molar-refractivity contribution in [2.24, 2.45) is 5.92 Å². The maximum Gasteiger partial charge on any atom is 0.266 e. The number of hydrogen-bond donors (Lipinski definition) is 2. The molecule has 2 aliphatic heterocycles. The van der Waals surface area contributed by atoms with Gasteiger partial charge in [0.2, 0.25) is 0 Å². The van der Waals surface area contributed by atoms with E-state index in [1.807, 2.05) is 141 Å². The number of nitrogens with zero attached hydrogens (tertiary/aromatic N) is 5. The molecular weight excluding hydrogens is 679 g/mol. The zero-order valence-corrected chi connectivity index (χ0v) is 29.7. The zero-order chi connectivity index (χ0) is 37.2. The van der Waals surface area contributed by atoms with Crippen LogP contribution in [0.1, 0.15) is 52.0 Å². The Morgan fingerprint density at radius 2 is 1.50 bits per heavy atom. The number of fused-ring (bicyclic) bond motifs is 3. The number of benzene rings is 5. The molecule has 5 aromatic carbocycles. The number of para-hydroxylation sites is 4. The molecule has 2 aliphatic rings. The average Bonchev–Trinajstić information content (AvgIpc) is 3.72. The second-order valence-electron chi connectivity index (χ2n) is 13.6. The Hall–Kier alpha value is -6.36. The Labute approximate surface area is 313 Å². The van der Waals surface area contributed by atoms with Crippen molar-refractivity contribution < 1.29 is 24.5 Å². The van der Waals surface area contributed by atoms with Gasteiger partial charge in [0.25, 0.3) is 11.8 Å². The minimum Gasteiger partial charge on any atom is -0.454 e. The zero-order valence-electron chi connectivity index (χ0n) is 29.7. The smallest absolute Gasteiger partial charge is 0.266 e. The molecule has 3 atom stereocenters. The summed E-state index contributed by atoms with van der Waals surface area (Å²) in [7, 11) is 0. The first-order valence-corrected chi connectivity index (χ1v) is 18.0. The summed E-state index contributed by atoms with van der Waals surface area (Å²) in [5, 5.41) is 30.7. The predicted molar refractivity (Wildman–Crippen MR) is 206 cm³/mol. The van der Waals surface area contributed by atoms with Crippen molar-refractivity contribution in [3.05, 3.63) is 174 Å². The van der Waals surface area contributed by atoms with Crippen molar-refractivity contribution >= 4 is 28.9 Å². The highest BCUT2D eigenvalue weighted by Gasteiger charge is 2.52. The van der Waals surface area contributed by atoms with Crippen LogP contribution in [-0.4, -0.2) is 43.6 Å². The number of ether oxygens (including phenoxy) is 1. The van der Waals surface area contributed by atoms with Gasteiger partial charge in [-0.3, -0.25) is 19.2 Å². The van der Waals surface area contributed by atoms with Gasteiger partial charge < -0.3 is 19.8 Å². The van der Waals surface area contributed by atoms with E-state index in [1.165, 1.54) is 0 Å². The van der Waals surface area contributed by atoms with Gasteiger partial charge in [0.15, 0.2) is 11.4 Å². The Bertz CT molecular complexity index is 2340. The first kappa shape index (κ1) is 34.7. The second-order valence-corrected chi connectivity index (χ2v) is 13.6. The molecule has 54 heavy (non-hydrogen) atoms. The summed E-state index contributed by atoms with van der Waals surface area (Å²) in [6.45, 7) is 2.55. The number of anilines is 3. The minimum atomic E-state index is -1.76. The van der Waals surface area contributed by atoms with Crippen molar-refractivity contribution in [2.45, 2.75) is 38.0 Å². The van der Waals surface area contributed by atoms with Gasteiger partial charge in [0, 0.05) is 29.9 Å². The van der Waals surface area contributed by atoms with Crippen molar-refractivity contribution in [1.29, 1.82) is 0 Å². The van der Waals surface area contributed by atoms with Gasteiger partial charge in [0.1, 0.15) is 5.75 Å². The van der Waals surface area contributed by atoms with Gasteiger partial charge >= 0.3 is 0 Å². The fraction of sp³-hybridized carbons (Fsp3) is 0.182. The lowest BCUT2D eigenvalue weighted by Gasteiger charge is -2.28. The monoisotopic (exact) mass is 717 g/mol. The summed E-state index contributed by atoms with van der Waals surface area (Å²) in [5.41, 5.74) is 3.72. The van der Waals surface area contributed by atoms with Crippen LogP contribution in [-0.2, 0) is 23.5 Å². The Morgan fingerprint density at radius 1 is 0.815 bits per heavy atom. The third-order valence-corrected chi connectivity index (χ3v) is 10.3. The van der Waals surface area contributed by atoms with Crippen molar-refractivity contribution in [3.63, 3.8) is 0 Å². The van der Waals surface area contributed by atoms with Gasteiger partial charge in [-0.15, -0.1) is 5.10 Å². The van der Waals surface area contributed by atoms with Crippen LogP contribution in [0.15, 0.2) is 146 Å². The molecule has 8 rings (SSSR count). The Kier molecular flexibility index (Phi) is 9.37. The van der Waals surface area contributed by atoms with E-state index >= 15 is 0 Å². The topological polar surface area (TPSA) is 121 Å². The molecule has 0 saturated carbocycles. The number of aliphatic hydroxyl groups excluding tert-OH is 1. The Balaban J connectivity index is 0.971. The number of amides is 2. The van der Waals surface area contributed by atoms with E-state index in [0.29, 0.717) is 58.3 Å². The molecular formula is C44H39N5O5. The van der Waals surface area contributed by atoms with Crippen LogP contribution < -0.4 is 14.5 Å². The molecule has 0 spiro atoms. The molecule has 1 unspecified atom stereocenters. The summed E-state index contributed by atoms with van der Waals surface area (Å²) in [6, 6.07) is 39.3. The molecule has 0 fully saturated rings. The van der Waals surface area contributed by atoms with Gasteiger partial charge in [-0.2, -0.15) is 0 Å². The highest BCUT2D eigenvalue weighted by molar-refractivity contribution is 6.14. The molecule has 270 valence electrons. The molecule has 2 amide bonds. The average molecular weight is 718 g/mol. The molecule has 10 nitrogen and oxygen atoms in total. The lowest BCUT2D eigenvalue weighted by atomic mass is 9.83. The maximum absolute atomic E-state index is 14.2. The highest BCUT2D eigenvalue weighted by atomic mass is 16.5. The largest absolute Gasteiger partial charge is 0.454 e. The first-order chi connectivity index (χ1) is 26.4. The van der Waals surface area contributed by atoms with Gasteiger partial charge in [-0.05, 0) is 60.0 Å². The third kappa shape index (κ3) is 6.25. The molecule has 0 aliphatic carbocycles. The van der Waals surface area contributed by atoms with Crippen LogP contribution >= 0.6 is 0 Å². The number of aliphatic hydroxyl groups is 2. The maximum atomic E-state index is 14.2. The number of allylic oxidation sites excluding steroid dienone is 1. The van der Waals surface area contributed by atoms with E-state index in [9.17, 15) is 19.8 Å². The summed E-state index contributed by atoms with van der Waals surface area (Å²) in [5.74, 6) is -0.314. The number of aryl methyl sites for hydroxylation is 1. The number of carbonyl (C=O) groups is 2. The molecule has 0 radical (unpaired) electrons. The molecule has 0 bridgehead atoms. The first-order valence-electron chi connectivity index (χ1n) is 18.0. The summed E-state index contributed by atoms with van der Waals surface area (Å²) >= 11 is 0. The molecule has 0 saturated heterocycles. The van der Waals surface area contributed by atoms with Crippen molar-refractivity contribution in [3.8, 4) is 11.5 Å². The summed E-state index contributed by atoms with van der Waals surface area (Å²) in [6.07, 6.45) is 6.28. The number of carbonyl (C=O) groups excluding carboxylic acids is 2. The minimum absolute atomic E-state index is 0.0730. The van der Waals surface area contributed by atoms with E-state index in [-0.39, 0.29) is 25.0 Å². The Morgan fingerprint density at radius 3 is 2.28 bits per heavy atom. The fourth-order valence-electron chi connectivity index (χ4n) is 7.34. The van der Waals surface area contributed by atoms with Gasteiger partial charge in [0.05, 0.1) is 41.7 Å². The van der Waals surface area contributed by atoms with E-state index in [4.69, 9.17) is 4.74 Å². The summed E-state index contributed by atoms with van der Waals surface area (Å²) in [4.78, 5) is 31.3. The number of hydrogen-bond acceptors (Lipinski definition) is 7. The highest BCUT2D eigenvalue weighted by Crippen LogP contribution is 2.46. The van der Waals surface area contributed by atoms with Crippen LogP contribution in [0.3, 0.4) is 0 Å². The SMILES string of the molecule is C[C@H](/C=C/CCn1cc(C(CO)c2ccccc2)nn1)[C@@]1(O)C(=O)N(Cc2ccc(N3C(=O)c4ccccc4Oc4ccccc43)cc2)c2ccccc21. The number of rotatable bonds is 11. The lowest BCUT2D eigenvalue weighted by Crippen LogP contribution is -2.44. The predicted octanol–water partition coefficient (Wildman–Crippen LogP) is 7.50. The van der Waals surface area contributed by atoms with Crippen LogP contribution in [0, 0.1) is 5.92 Å². The molecule has 2 N–H and O–H groups in total. The number of aromatic nitrogens is 3. The van der Waals surface area contributed by atoms with Crippen LogP contribution in [0.2, 0.25) is 0 Å². The van der Waals surface area contributed by atoms with E-state index < -0.39 is 17.4 Å². The van der Waals surface area contributed by atoms with Crippen LogP contribution in [0.25, 0.3) is 0 Å². The van der Waals surface area contributed by atoms with E-state index in [2.05, 4.69) is 10.3 Å². The van der Waals surface area contributed by atoms with Crippen LogP contribution in [0.4, 0.5) is 17.1 Å². The quantitative estimate of drug-likeness (QED) is 0.133. The van der Waals surface area contributed by atoms with Gasteiger partial charge in [-0.25, -0.2) is 0 Å².